The van der Waals surface area contributed by atoms with Gasteiger partial charge in [-0.1, -0.05) is 54.6 Å². The second-order valence-corrected chi connectivity index (χ2v) is 6.64. The Bertz CT molecular complexity index is 792. The highest BCUT2D eigenvalue weighted by Gasteiger charge is 2.34. The highest BCUT2D eigenvalue weighted by Crippen LogP contribution is 2.34. The summed E-state index contributed by atoms with van der Waals surface area (Å²) in [5, 5.41) is 13.0. The minimum absolute atomic E-state index is 0.195. The number of ether oxygens (including phenoxy) is 1. The molecule has 0 saturated carbocycles. The molecular weight excluding hydrogens is 326 g/mol. The predicted molar refractivity (Wildman–Crippen MR) is 99.0 cm³/mol. The number of nitrogens with zero attached hydrogens (tertiary/aromatic N) is 1. The fourth-order valence-corrected chi connectivity index (χ4v) is 3.30. The summed E-state index contributed by atoms with van der Waals surface area (Å²) in [6.45, 7) is 1.81. The van der Waals surface area contributed by atoms with Crippen LogP contribution in [-0.2, 0) is 21.6 Å². The van der Waals surface area contributed by atoms with Crippen molar-refractivity contribution in [2.45, 2.75) is 30.9 Å². The van der Waals surface area contributed by atoms with E-state index < -0.39 is 17.4 Å². The van der Waals surface area contributed by atoms with Gasteiger partial charge >= 0.3 is 5.97 Å². The number of carbonyl (C=O) groups excluding carboxylic acids is 1. The number of nitrogens with two attached hydrogens (primary N) is 1. The average molecular weight is 349 g/mol. The maximum atomic E-state index is 12.3. The number of nitriles is 1. The fourth-order valence-electron chi connectivity index (χ4n) is 3.30. The van der Waals surface area contributed by atoms with E-state index >= 15 is 0 Å². The van der Waals surface area contributed by atoms with E-state index in [1.807, 2.05) is 54.6 Å². The van der Waals surface area contributed by atoms with Crippen LogP contribution in [0.5, 0.6) is 0 Å². The van der Waals surface area contributed by atoms with Crippen molar-refractivity contribution in [3.05, 3.63) is 71.3 Å². The lowest BCUT2D eigenvalue weighted by atomic mass is 9.74. The van der Waals surface area contributed by atoms with E-state index in [1.54, 1.807) is 0 Å². The van der Waals surface area contributed by atoms with Crippen molar-refractivity contribution in [3.8, 4) is 6.07 Å². The van der Waals surface area contributed by atoms with Gasteiger partial charge < -0.3 is 15.8 Å². The molecule has 0 radical (unpaired) electrons. The topological polar surface area (TPSA) is 88.1 Å². The minimum Gasteiger partial charge on any atom is -0.459 e. The zero-order valence-electron chi connectivity index (χ0n) is 14.7. The van der Waals surface area contributed by atoms with Crippen LogP contribution < -0.4 is 11.1 Å². The normalized spacial score (nSPS) is 17.1. The lowest BCUT2D eigenvalue weighted by Gasteiger charge is -2.32. The highest BCUT2D eigenvalue weighted by atomic mass is 16.5. The first-order valence-electron chi connectivity index (χ1n) is 8.83. The smallest absolute Gasteiger partial charge is 0.327 e. The third-order valence-corrected chi connectivity index (χ3v) is 4.95. The summed E-state index contributed by atoms with van der Waals surface area (Å²) in [7, 11) is 0. The van der Waals surface area contributed by atoms with Crippen molar-refractivity contribution in [3.63, 3.8) is 0 Å². The van der Waals surface area contributed by atoms with Crippen LogP contribution in [0.4, 0.5) is 0 Å². The van der Waals surface area contributed by atoms with Gasteiger partial charge in [0.25, 0.3) is 0 Å². The molecule has 1 aliphatic rings. The molecule has 3 N–H and O–H groups in total. The van der Waals surface area contributed by atoms with Gasteiger partial charge in [-0.15, -0.1) is 0 Å². The van der Waals surface area contributed by atoms with Crippen molar-refractivity contribution in [1.29, 1.82) is 5.26 Å². The molecule has 0 aliphatic carbocycles. The van der Waals surface area contributed by atoms with E-state index in [0.29, 0.717) is 5.56 Å². The maximum absolute atomic E-state index is 12.3. The number of hydrogen-bond donors (Lipinski definition) is 2. The van der Waals surface area contributed by atoms with Crippen LogP contribution in [0.1, 0.15) is 35.6 Å². The van der Waals surface area contributed by atoms with E-state index in [2.05, 4.69) is 11.4 Å². The molecule has 2 aromatic carbocycles. The van der Waals surface area contributed by atoms with Crippen LogP contribution in [0.3, 0.4) is 0 Å². The van der Waals surface area contributed by atoms with Gasteiger partial charge in [0.15, 0.2) is 0 Å². The van der Waals surface area contributed by atoms with E-state index in [-0.39, 0.29) is 6.61 Å². The summed E-state index contributed by atoms with van der Waals surface area (Å²) in [4.78, 5) is 12.3. The number of carbonyl (C=O) groups is 1. The highest BCUT2D eigenvalue weighted by molar-refractivity contribution is 5.77. The van der Waals surface area contributed by atoms with Crippen molar-refractivity contribution < 1.29 is 9.53 Å². The van der Waals surface area contributed by atoms with Gasteiger partial charge in [0.1, 0.15) is 12.6 Å². The van der Waals surface area contributed by atoms with Crippen LogP contribution in [0.15, 0.2) is 54.6 Å². The Morgan fingerprint density at radius 1 is 1.19 bits per heavy atom. The van der Waals surface area contributed by atoms with Gasteiger partial charge in [0.05, 0.1) is 11.5 Å². The zero-order chi connectivity index (χ0) is 18.4. The second kappa shape index (κ2) is 8.13. The molecule has 1 unspecified atom stereocenters. The SMILES string of the molecule is N#CC1(c2cccc(C(N)C(=O)OCc3ccccc3)c2)CCNCC1. The molecule has 1 fully saturated rings. The lowest BCUT2D eigenvalue weighted by Crippen LogP contribution is -2.39. The van der Waals surface area contributed by atoms with Gasteiger partial charge in [0.2, 0.25) is 0 Å². The Kier molecular flexibility index (Phi) is 5.67. The summed E-state index contributed by atoms with van der Waals surface area (Å²) in [6.07, 6.45) is 1.50. The van der Waals surface area contributed by atoms with Crippen molar-refractivity contribution in [2.24, 2.45) is 5.73 Å². The first kappa shape index (κ1) is 18.1. The molecule has 1 aliphatic heterocycles. The molecule has 0 bridgehead atoms. The molecule has 5 nitrogen and oxygen atoms in total. The first-order chi connectivity index (χ1) is 12.6. The maximum Gasteiger partial charge on any atom is 0.327 e. The number of esters is 1. The van der Waals surface area contributed by atoms with Gasteiger partial charge in [-0.25, -0.2) is 4.79 Å². The number of rotatable bonds is 5. The zero-order valence-corrected chi connectivity index (χ0v) is 14.7. The molecular formula is C21H23N3O2. The standard InChI is InChI=1S/C21H23N3O2/c22-15-21(9-11-24-12-10-21)18-8-4-7-17(13-18)19(23)20(25)26-14-16-5-2-1-3-6-16/h1-8,13,19,24H,9-12,14,23H2. The molecule has 0 amide bonds. The summed E-state index contributed by atoms with van der Waals surface area (Å²) in [6, 6.07) is 18.6. The minimum atomic E-state index is -0.865. The molecule has 3 rings (SSSR count). The number of hydrogen-bond acceptors (Lipinski definition) is 5. The third kappa shape index (κ3) is 3.93. The number of nitrogens with one attached hydrogen (secondary N) is 1. The molecule has 1 heterocycles. The molecule has 5 heteroatoms. The Labute approximate surface area is 153 Å². The Morgan fingerprint density at radius 3 is 2.62 bits per heavy atom. The largest absolute Gasteiger partial charge is 0.459 e. The number of benzene rings is 2. The first-order valence-corrected chi connectivity index (χ1v) is 8.83. The van der Waals surface area contributed by atoms with Crippen LogP contribution in [-0.4, -0.2) is 19.1 Å². The quantitative estimate of drug-likeness (QED) is 0.810. The van der Waals surface area contributed by atoms with E-state index in [9.17, 15) is 10.1 Å². The van der Waals surface area contributed by atoms with Crippen molar-refractivity contribution in [1.82, 2.24) is 5.32 Å². The monoisotopic (exact) mass is 349 g/mol. The summed E-state index contributed by atoms with van der Waals surface area (Å²) in [5.74, 6) is -0.470. The van der Waals surface area contributed by atoms with E-state index in [0.717, 1.165) is 37.1 Å². The molecule has 2 aromatic rings. The number of piperidine rings is 1. The lowest BCUT2D eigenvalue weighted by molar-refractivity contribution is -0.146. The van der Waals surface area contributed by atoms with Gasteiger partial charge in [-0.3, -0.25) is 0 Å². The van der Waals surface area contributed by atoms with Crippen molar-refractivity contribution in [2.75, 3.05) is 13.1 Å². The molecule has 0 spiro atoms. The summed E-state index contributed by atoms with van der Waals surface area (Å²) < 4.78 is 5.34. The van der Waals surface area contributed by atoms with Gasteiger partial charge in [-0.05, 0) is 42.6 Å². The second-order valence-electron chi connectivity index (χ2n) is 6.64. The predicted octanol–water partition coefficient (Wildman–Crippen LogP) is 2.57. The average Bonchev–Trinajstić information content (AvgIpc) is 2.72. The Balaban J connectivity index is 1.72. The van der Waals surface area contributed by atoms with Crippen LogP contribution in [0.25, 0.3) is 0 Å². The summed E-state index contributed by atoms with van der Waals surface area (Å²) >= 11 is 0. The van der Waals surface area contributed by atoms with Gasteiger partial charge in [-0.2, -0.15) is 5.26 Å². The molecule has 0 aromatic heterocycles. The van der Waals surface area contributed by atoms with Gasteiger partial charge in [0, 0.05) is 0 Å². The summed E-state index contributed by atoms with van der Waals surface area (Å²) in [5.41, 5.74) is 8.11. The van der Waals surface area contributed by atoms with Crippen molar-refractivity contribution >= 4 is 5.97 Å². The molecule has 1 saturated heterocycles. The Morgan fingerprint density at radius 2 is 1.92 bits per heavy atom. The molecule has 1 atom stereocenters. The van der Waals surface area contributed by atoms with Crippen LogP contribution in [0.2, 0.25) is 0 Å². The van der Waals surface area contributed by atoms with E-state index in [4.69, 9.17) is 10.5 Å². The third-order valence-electron chi connectivity index (χ3n) is 4.95. The molecule has 26 heavy (non-hydrogen) atoms. The van der Waals surface area contributed by atoms with Crippen LogP contribution >= 0.6 is 0 Å². The Hall–Kier alpha value is -2.68. The fraction of sp³-hybridized carbons (Fsp3) is 0.333. The van der Waals surface area contributed by atoms with E-state index in [1.165, 1.54) is 0 Å². The molecule has 134 valence electrons. The van der Waals surface area contributed by atoms with Crippen LogP contribution in [0, 0.1) is 11.3 Å².